The van der Waals surface area contributed by atoms with Crippen molar-refractivity contribution in [1.82, 2.24) is 0 Å². The summed E-state index contributed by atoms with van der Waals surface area (Å²) >= 11 is 0. The molecule has 0 bridgehead atoms. The maximum atomic E-state index is 12.0. The summed E-state index contributed by atoms with van der Waals surface area (Å²) in [6, 6.07) is 0. The lowest BCUT2D eigenvalue weighted by Crippen LogP contribution is -2.32. The SMILES string of the molecule is C=C(C)C(=C)OCC(=O)OC(C)C(F)(F)F. The summed E-state index contributed by atoms with van der Waals surface area (Å²) in [7, 11) is 0. The highest BCUT2D eigenvalue weighted by Crippen LogP contribution is 2.22. The quantitative estimate of drug-likeness (QED) is 0.419. The van der Waals surface area contributed by atoms with Crippen molar-refractivity contribution >= 4 is 5.97 Å². The smallest absolute Gasteiger partial charge is 0.425 e. The summed E-state index contributed by atoms with van der Waals surface area (Å²) in [6.45, 7) is 8.59. The number of allylic oxidation sites excluding steroid dienone is 1. The van der Waals surface area contributed by atoms with Crippen LogP contribution in [0.5, 0.6) is 0 Å². The number of rotatable bonds is 5. The molecule has 0 aromatic heterocycles. The zero-order valence-corrected chi connectivity index (χ0v) is 9.06. The molecule has 0 saturated heterocycles. The van der Waals surface area contributed by atoms with E-state index in [4.69, 9.17) is 4.74 Å². The molecule has 1 unspecified atom stereocenters. The fraction of sp³-hybridized carbons (Fsp3) is 0.500. The Kier molecular flexibility index (Phi) is 5.07. The van der Waals surface area contributed by atoms with Crippen molar-refractivity contribution in [3.05, 3.63) is 24.5 Å². The van der Waals surface area contributed by atoms with Crippen LogP contribution in [0.15, 0.2) is 24.5 Å². The van der Waals surface area contributed by atoms with E-state index in [1.807, 2.05) is 0 Å². The van der Waals surface area contributed by atoms with Crippen LogP contribution in [0.25, 0.3) is 0 Å². The molecule has 16 heavy (non-hydrogen) atoms. The van der Waals surface area contributed by atoms with E-state index < -0.39 is 24.9 Å². The van der Waals surface area contributed by atoms with Crippen LogP contribution in [0, 0.1) is 0 Å². The van der Waals surface area contributed by atoms with Crippen LogP contribution in [0.1, 0.15) is 13.8 Å². The van der Waals surface area contributed by atoms with Crippen molar-refractivity contribution in [2.45, 2.75) is 26.1 Å². The number of ether oxygens (including phenoxy) is 2. The van der Waals surface area contributed by atoms with Gasteiger partial charge in [0.05, 0.1) is 0 Å². The summed E-state index contributed by atoms with van der Waals surface area (Å²) in [5.41, 5.74) is 0.483. The van der Waals surface area contributed by atoms with Crippen molar-refractivity contribution in [2.75, 3.05) is 6.61 Å². The average Bonchev–Trinajstić information content (AvgIpc) is 2.12. The number of alkyl halides is 3. The number of esters is 1. The van der Waals surface area contributed by atoms with E-state index in [1.165, 1.54) is 0 Å². The van der Waals surface area contributed by atoms with Gasteiger partial charge in [-0.3, -0.25) is 0 Å². The van der Waals surface area contributed by atoms with Crippen molar-refractivity contribution in [3.8, 4) is 0 Å². The Morgan fingerprint density at radius 2 is 1.88 bits per heavy atom. The average molecular weight is 238 g/mol. The first-order chi connectivity index (χ1) is 7.14. The van der Waals surface area contributed by atoms with Crippen LogP contribution in [-0.2, 0) is 14.3 Å². The summed E-state index contributed by atoms with van der Waals surface area (Å²) in [5, 5.41) is 0. The lowest BCUT2D eigenvalue weighted by Gasteiger charge is -2.16. The summed E-state index contributed by atoms with van der Waals surface area (Å²) < 4.78 is 44.8. The third-order valence-corrected chi connectivity index (χ3v) is 1.61. The molecule has 0 aromatic carbocycles. The van der Waals surface area contributed by atoms with Crippen LogP contribution in [0.2, 0.25) is 0 Å². The first kappa shape index (κ1) is 14.5. The van der Waals surface area contributed by atoms with E-state index in [2.05, 4.69) is 17.9 Å². The van der Waals surface area contributed by atoms with Gasteiger partial charge >= 0.3 is 12.1 Å². The van der Waals surface area contributed by atoms with Crippen molar-refractivity contribution in [1.29, 1.82) is 0 Å². The van der Waals surface area contributed by atoms with Gasteiger partial charge in [0.1, 0.15) is 5.76 Å². The molecule has 0 fully saturated rings. The Balaban J connectivity index is 4.02. The van der Waals surface area contributed by atoms with Gasteiger partial charge in [-0.25, -0.2) is 4.79 Å². The Bertz CT molecular complexity index is 294. The second kappa shape index (κ2) is 5.58. The van der Waals surface area contributed by atoms with Crippen LogP contribution in [-0.4, -0.2) is 24.9 Å². The topological polar surface area (TPSA) is 35.5 Å². The molecule has 0 aliphatic rings. The molecule has 6 heteroatoms. The van der Waals surface area contributed by atoms with Crippen LogP contribution in [0.3, 0.4) is 0 Å². The Morgan fingerprint density at radius 3 is 2.25 bits per heavy atom. The predicted octanol–water partition coefficient (Wildman–Crippen LogP) is 2.59. The third-order valence-electron chi connectivity index (χ3n) is 1.61. The summed E-state index contributed by atoms with van der Waals surface area (Å²) in [6.07, 6.45) is -6.72. The molecule has 0 amide bonds. The summed E-state index contributed by atoms with van der Waals surface area (Å²) in [4.78, 5) is 10.9. The van der Waals surface area contributed by atoms with Gasteiger partial charge in [0.15, 0.2) is 12.7 Å². The highest BCUT2D eigenvalue weighted by Gasteiger charge is 2.39. The van der Waals surface area contributed by atoms with E-state index in [-0.39, 0.29) is 5.76 Å². The predicted molar refractivity (Wildman–Crippen MR) is 51.5 cm³/mol. The molecule has 0 aliphatic carbocycles. The van der Waals surface area contributed by atoms with E-state index in [0.717, 1.165) is 6.92 Å². The molecule has 92 valence electrons. The Morgan fingerprint density at radius 1 is 1.38 bits per heavy atom. The minimum absolute atomic E-state index is 0.136. The molecular weight excluding hydrogens is 225 g/mol. The van der Waals surface area contributed by atoms with Gasteiger partial charge < -0.3 is 9.47 Å². The molecule has 1 atom stereocenters. The fourth-order valence-electron chi connectivity index (χ4n) is 0.567. The van der Waals surface area contributed by atoms with Crippen LogP contribution in [0.4, 0.5) is 13.2 Å². The highest BCUT2D eigenvalue weighted by molar-refractivity contribution is 5.71. The largest absolute Gasteiger partial charge is 0.482 e. The van der Waals surface area contributed by atoms with Gasteiger partial charge in [-0.05, 0) is 19.4 Å². The van der Waals surface area contributed by atoms with Gasteiger partial charge in [-0.1, -0.05) is 13.2 Å². The molecular formula is C10H13F3O3. The Labute approximate surface area is 91.5 Å². The number of hydrogen-bond donors (Lipinski definition) is 0. The summed E-state index contributed by atoms with van der Waals surface area (Å²) in [5.74, 6) is -0.969. The van der Waals surface area contributed by atoms with Crippen LogP contribution < -0.4 is 0 Å². The standard InChI is InChI=1S/C10H13F3O3/c1-6(2)7(3)15-5-9(14)16-8(4)10(11,12)13/h8H,1,3,5H2,2,4H3. The maximum absolute atomic E-state index is 12.0. The number of carbonyl (C=O) groups excluding carboxylic acids is 1. The zero-order valence-electron chi connectivity index (χ0n) is 9.06. The highest BCUT2D eigenvalue weighted by atomic mass is 19.4. The molecule has 0 saturated carbocycles. The molecule has 0 aromatic rings. The van der Waals surface area contributed by atoms with E-state index in [1.54, 1.807) is 6.92 Å². The Hall–Kier alpha value is -1.46. The number of halogens is 3. The molecule has 0 rings (SSSR count). The number of hydrogen-bond acceptors (Lipinski definition) is 3. The van der Waals surface area contributed by atoms with Crippen molar-refractivity contribution in [3.63, 3.8) is 0 Å². The lowest BCUT2D eigenvalue weighted by molar-refractivity contribution is -0.217. The van der Waals surface area contributed by atoms with Gasteiger partial charge in [-0.2, -0.15) is 13.2 Å². The fourth-order valence-corrected chi connectivity index (χ4v) is 0.567. The van der Waals surface area contributed by atoms with Gasteiger partial charge in [0.2, 0.25) is 0 Å². The van der Waals surface area contributed by atoms with E-state index in [9.17, 15) is 18.0 Å². The minimum Gasteiger partial charge on any atom is -0.482 e. The molecule has 0 aliphatic heterocycles. The van der Waals surface area contributed by atoms with Crippen LogP contribution >= 0.6 is 0 Å². The molecule has 3 nitrogen and oxygen atoms in total. The molecule has 0 spiro atoms. The number of carbonyl (C=O) groups is 1. The normalized spacial score (nSPS) is 12.8. The first-order valence-corrected chi connectivity index (χ1v) is 4.38. The van der Waals surface area contributed by atoms with E-state index >= 15 is 0 Å². The minimum atomic E-state index is -4.57. The van der Waals surface area contributed by atoms with Crippen molar-refractivity contribution < 1.29 is 27.4 Å². The zero-order chi connectivity index (χ0) is 12.9. The maximum Gasteiger partial charge on any atom is 0.425 e. The molecule has 0 radical (unpaired) electrons. The van der Waals surface area contributed by atoms with E-state index in [0.29, 0.717) is 5.57 Å². The molecule has 0 N–H and O–H groups in total. The second-order valence-corrected chi connectivity index (χ2v) is 3.17. The second-order valence-electron chi connectivity index (χ2n) is 3.17. The third kappa shape index (κ3) is 5.43. The van der Waals surface area contributed by atoms with Crippen molar-refractivity contribution in [2.24, 2.45) is 0 Å². The monoisotopic (exact) mass is 238 g/mol. The molecule has 0 heterocycles. The first-order valence-electron chi connectivity index (χ1n) is 4.38. The van der Waals surface area contributed by atoms with Gasteiger partial charge in [-0.15, -0.1) is 0 Å². The lowest BCUT2D eigenvalue weighted by atomic mass is 10.3. The van der Waals surface area contributed by atoms with Gasteiger partial charge in [0, 0.05) is 0 Å². The van der Waals surface area contributed by atoms with Gasteiger partial charge in [0.25, 0.3) is 0 Å².